The molecule has 0 saturated heterocycles. The predicted octanol–water partition coefficient (Wildman–Crippen LogP) is 12.0. The predicted molar refractivity (Wildman–Crippen MR) is 189 cm³/mol. The molecule has 0 bridgehead atoms. The first-order chi connectivity index (χ1) is 20.7. The van der Waals surface area contributed by atoms with Gasteiger partial charge in [0.05, 0.1) is 0 Å². The van der Waals surface area contributed by atoms with Crippen LogP contribution in [-0.4, -0.2) is 0 Å². The Morgan fingerprint density at radius 2 is 1.65 bits per heavy atom. The van der Waals surface area contributed by atoms with Crippen LogP contribution in [0.25, 0.3) is 11.1 Å². The molecule has 2 aromatic rings. The van der Waals surface area contributed by atoms with Gasteiger partial charge in [0.2, 0.25) is 0 Å². The summed E-state index contributed by atoms with van der Waals surface area (Å²) in [4.78, 5) is 0. The Labute approximate surface area is 261 Å². The van der Waals surface area contributed by atoms with Gasteiger partial charge in [-0.25, -0.2) is 0 Å². The zero-order chi connectivity index (χ0) is 30.8. The van der Waals surface area contributed by atoms with Crippen LogP contribution >= 0.6 is 0 Å². The molecule has 0 nitrogen and oxygen atoms in total. The van der Waals surface area contributed by atoms with Gasteiger partial charge in [0.1, 0.15) is 0 Å². The molecule has 222 valence electrons. The number of hydrogen-bond donors (Lipinski definition) is 0. The Balaban J connectivity index is 1.47. The summed E-state index contributed by atoms with van der Waals surface area (Å²) < 4.78 is 0. The Morgan fingerprint density at radius 1 is 0.884 bits per heavy atom. The molecule has 0 amide bonds. The van der Waals surface area contributed by atoms with Crippen molar-refractivity contribution in [1.29, 1.82) is 0 Å². The molecule has 0 N–H and O–H groups in total. The smallest absolute Gasteiger partial charge is 0.0201 e. The summed E-state index contributed by atoms with van der Waals surface area (Å²) in [7, 11) is 0. The summed E-state index contributed by atoms with van der Waals surface area (Å²) in [5.41, 5.74) is 20.5. The highest BCUT2D eigenvalue weighted by Gasteiger charge is 2.41. The topological polar surface area (TPSA) is 0 Å². The quantitative estimate of drug-likeness (QED) is 0.268. The Morgan fingerprint density at radius 3 is 2.33 bits per heavy atom. The first kappa shape index (κ1) is 30.8. The fraction of sp³-hybridized carbons (Fsp3) is 0.349. The number of fused-ring (bicyclic) bond motifs is 1. The summed E-state index contributed by atoms with van der Waals surface area (Å²) >= 11 is 0. The van der Waals surface area contributed by atoms with Gasteiger partial charge in [-0.2, -0.15) is 0 Å². The number of hydrogen-bond acceptors (Lipinski definition) is 0. The highest BCUT2D eigenvalue weighted by atomic mass is 14.4. The molecule has 0 spiro atoms. The highest BCUT2D eigenvalue weighted by molar-refractivity contribution is 5.82. The largest absolute Gasteiger partial charge is 0.0955 e. The van der Waals surface area contributed by atoms with Gasteiger partial charge in [-0.05, 0) is 119 Å². The zero-order valence-corrected chi connectivity index (χ0v) is 27.5. The highest BCUT2D eigenvalue weighted by Crippen LogP contribution is 2.55. The zero-order valence-electron chi connectivity index (χ0n) is 27.5. The Hall–Kier alpha value is -3.64. The van der Waals surface area contributed by atoms with Crippen molar-refractivity contribution in [3.63, 3.8) is 0 Å². The van der Waals surface area contributed by atoms with E-state index in [1.54, 1.807) is 0 Å². The lowest BCUT2D eigenvalue weighted by molar-refractivity contribution is 0.618. The molecule has 3 aliphatic carbocycles. The van der Waals surface area contributed by atoms with Gasteiger partial charge >= 0.3 is 0 Å². The van der Waals surface area contributed by atoms with Crippen LogP contribution in [0.1, 0.15) is 107 Å². The second kappa shape index (κ2) is 12.9. The molecular formula is C43H50. The first-order valence-corrected chi connectivity index (χ1v) is 16.5. The third-order valence-electron chi connectivity index (χ3n) is 9.89. The lowest BCUT2D eigenvalue weighted by atomic mass is 9.68. The van der Waals surface area contributed by atoms with E-state index in [2.05, 4.69) is 115 Å². The molecular weight excluding hydrogens is 516 g/mol. The molecule has 0 aliphatic heterocycles. The SMILES string of the molecule is C=C(CCC)C1=C(C)C=C2CC(=CC3=CC=C(c4ccc(CC)cc4C(=C)C)C3)C(=C)C2C1c1ccc(CC)c(CC)c1. The van der Waals surface area contributed by atoms with Crippen LogP contribution in [-0.2, 0) is 19.3 Å². The van der Waals surface area contributed by atoms with Gasteiger partial charge in [-0.1, -0.05) is 131 Å². The van der Waals surface area contributed by atoms with Crippen molar-refractivity contribution in [3.05, 3.63) is 153 Å². The normalized spacial score (nSPS) is 20.7. The summed E-state index contributed by atoms with van der Waals surface area (Å²) in [6.45, 7) is 27.2. The van der Waals surface area contributed by atoms with Crippen molar-refractivity contribution in [2.75, 3.05) is 0 Å². The molecule has 2 unspecified atom stereocenters. The van der Waals surface area contributed by atoms with Crippen molar-refractivity contribution >= 4 is 11.1 Å². The average molecular weight is 567 g/mol. The lowest BCUT2D eigenvalue weighted by Gasteiger charge is -2.35. The van der Waals surface area contributed by atoms with Crippen molar-refractivity contribution in [2.45, 2.75) is 92.4 Å². The third kappa shape index (κ3) is 5.95. The molecule has 43 heavy (non-hydrogen) atoms. The van der Waals surface area contributed by atoms with Gasteiger partial charge < -0.3 is 0 Å². The van der Waals surface area contributed by atoms with E-state index in [1.165, 1.54) is 78.0 Å². The van der Waals surface area contributed by atoms with Crippen molar-refractivity contribution in [1.82, 2.24) is 0 Å². The molecule has 2 aromatic carbocycles. The molecule has 2 atom stereocenters. The monoisotopic (exact) mass is 566 g/mol. The maximum absolute atomic E-state index is 4.80. The maximum atomic E-state index is 4.80. The second-order valence-electron chi connectivity index (χ2n) is 12.9. The third-order valence-corrected chi connectivity index (χ3v) is 9.89. The van der Waals surface area contributed by atoms with Crippen molar-refractivity contribution in [3.8, 4) is 0 Å². The lowest BCUT2D eigenvalue weighted by Crippen LogP contribution is -2.21. The van der Waals surface area contributed by atoms with Crippen LogP contribution in [0, 0.1) is 5.92 Å². The van der Waals surface area contributed by atoms with Crippen LogP contribution in [0.2, 0.25) is 0 Å². The van der Waals surface area contributed by atoms with E-state index in [9.17, 15) is 0 Å². The van der Waals surface area contributed by atoms with E-state index >= 15 is 0 Å². The van der Waals surface area contributed by atoms with Crippen LogP contribution in [0.3, 0.4) is 0 Å². The standard InChI is InChI=1S/C43H50/c1-10-14-28(7)41-29(8)21-38-26-37(30(9)42(38)43(41)36-19-18-33(12-3)34(13-4)25-36)23-32-15-17-35(22-32)39-20-16-31(11-2)24-40(39)27(5)6/h15-21,23-25,42-43H,5,7,9-14,22,26H2,1-4,6,8H3. The molecule has 0 heterocycles. The van der Waals surface area contributed by atoms with Gasteiger partial charge in [0, 0.05) is 11.8 Å². The molecule has 0 aromatic heterocycles. The van der Waals surface area contributed by atoms with E-state index in [0.29, 0.717) is 5.92 Å². The van der Waals surface area contributed by atoms with Gasteiger partial charge in [0.25, 0.3) is 0 Å². The average Bonchev–Trinajstić information content (AvgIpc) is 3.59. The van der Waals surface area contributed by atoms with Gasteiger partial charge in [-0.15, -0.1) is 0 Å². The fourth-order valence-electron chi connectivity index (χ4n) is 7.64. The van der Waals surface area contributed by atoms with E-state index in [4.69, 9.17) is 6.58 Å². The minimum absolute atomic E-state index is 0.273. The number of benzene rings is 2. The fourth-order valence-corrected chi connectivity index (χ4v) is 7.64. The van der Waals surface area contributed by atoms with Crippen LogP contribution < -0.4 is 0 Å². The Kier molecular flexibility index (Phi) is 9.26. The summed E-state index contributed by atoms with van der Waals surface area (Å²) in [5, 5.41) is 0. The van der Waals surface area contributed by atoms with E-state index < -0.39 is 0 Å². The second-order valence-corrected chi connectivity index (χ2v) is 12.9. The Bertz CT molecular complexity index is 1640. The van der Waals surface area contributed by atoms with E-state index in [0.717, 1.165) is 50.5 Å². The van der Waals surface area contributed by atoms with Crippen LogP contribution in [0.15, 0.2) is 119 Å². The van der Waals surface area contributed by atoms with Crippen molar-refractivity contribution < 1.29 is 0 Å². The summed E-state index contributed by atoms with van der Waals surface area (Å²) in [6, 6.07) is 14.1. The van der Waals surface area contributed by atoms with E-state index in [-0.39, 0.29) is 5.92 Å². The molecule has 3 aliphatic rings. The van der Waals surface area contributed by atoms with E-state index in [1.807, 2.05) is 0 Å². The summed E-state index contributed by atoms with van der Waals surface area (Å²) in [5.74, 6) is 0.567. The molecule has 0 radical (unpaired) electrons. The number of aryl methyl sites for hydroxylation is 3. The maximum Gasteiger partial charge on any atom is 0.0201 e. The van der Waals surface area contributed by atoms with Crippen LogP contribution in [0.4, 0.5) is 0 Å². The first-order valence-electron chi connectivity index (χ1n) is 16.5. The number of allylic oxidation sites excluding steroid dienone is 13. The van der Waals surface area contributed by atoms with Crippen LogP contribution in [0.5, 0.6) is 0 Å². The van der Waals surface area contributed by atoms with Crippen molar-refractivity contribution in [2.24, 2.45) is 5.92 Å². The van der Waals surface area contributed by atoms with Gasteiger partial charge in [-0.3, -0.25) is 0 Å². The van der Waals surface area contributed by atoms with Gasteiger partial charge in [0.15, 0.2) is 0 Å². The molecule has 1 fully saturated rings. The minimum atomic E-state index is 0.273. The number of rotatable bonds is 10. The minimum Gasteiger partial charge on any atom is -0.0955 e. The molecule has 5 rings (SSSR count). The summed E-state index contributed by atoms with van der Waals surface area (Å²) in [6.07, 6.45) is 16.8. The molecule has 1 saturated carbocycles. The molecule has 0 heteroatoms.